The summed E-state index contributed by atoms with van der Waals surface area (Å²) < 4.78 is 10.1. The predicted octanol–water partition coefficient (Wildman–Crippen LogP) is 2.36. The van der Waals surface area contributed by atoms with Crippen molar-refractivity contribution in [3.05, 3.63) is 47.4 Å². The molecule has 3 rings (SSSR count). The van der Waals surface area contributed by atoms with Gasteiger partial charge in [0.05, 0.1) is 13.0 Å². The molecule has 3 aromatic rings. The molecule has 0 bridgehead atoms. The van der Waals surface area contributed by atoms with E-state index in [1.165, 1.54) is 17.6 Å². The maximum Gasteiger partial charge on any atom is 0.360 e. The third-order valence-electron chi connectivity index (χ3n) is 2.73. The molecule has 7 nitrogen and oxygen atoms in total. The average Bonchev–Trinajstić information content (AvgIpc) is 3.18. The number of ether oxygens (including phenoxy) is 1. The highest BCUT2D eigenvalue weighted by Crippen LogP contribution is 2.24. The molecule has 0 radical (unpaired) electrons. The van der Waals surface area contributed by atoms with Crippen LogP contribution in [0.2, 0.25) is 0 Å². The van der Waals surface area contributed by atoms with Crippen LogP contribution in [0.25, 0.3) is 10.6 Å². The van der Waals surface area contributed by atoms with Crippen molar-refractivity contribution in [3.8, 4) is 10.6 Å². The Bertz CT molecular complexity index is 769. The van der Waals surface area contributed by atoms with E-state index in [2.05, 4.69) is 20.2 Å². The van der Waals surface area contributed by atoms with Crippen molar-refractivity contribution in [3.63, 3.8) is 0 Å². The number of oxazole rings is 1. The highest BCUT2D eigenvalue weighted by atomic mass is 32.1. The van der Waals surface area contributed by atoms with Crippen LogP contribution in [0.3, 0.4) is 0 Å². The van der Waals surface area contributed by atoms with Crippen LogP contribution < -0.4 is 0 Å². The van der Waals surface area contributed by atoms with E-state index in [9.17, 15) is 4.79 Å². The van der Waals surface area contributed by atoms with Crippen LogP contribution in [0.5, 0.6) is 0 Å². The maximum atomic E-state index is 11.5. The Hall–Kier alpha value is -2.61. The number of pyridine rings is 1. The van der Waals surface area contributed by atoms with Crippen LogP contribution in [0, 0.1) is 0 Å². The zero-order valence-corrected chi connectivity index (χ0v) is 12.5. The second-order valence-corrected chi connectivity index (χ2v) is 5.32. The summed E-state index contributed by atoms with van der Waals surface area (Å²) in [4.78, 5) is 19.6. The largest absolute Gasteiger partial charge is 0.461 e. The SMILES string of the molecule is CCOC(=O)c1coc(Cc2nnc(-c3ccncc3)s2)n1. The molecule has 0 saturated carbocycles. The molecule has 22 heavy (non-hydrogen) atoms. The third-order valence-corrected chi connectivity index (χ3v) is 3.71. The fourth-order valence-electron chi connectivity index (χ4n) is 1.76. The molecule has 112 valence electrons. The Morgan fingerprint density at radius 1 is 1.32 bits per heavy atom. The summed E-state index contributed by atoms with van der Waals surface area (Å²) in [5, 5.41) is 9.80. The molecule has 8 heteroatoms. The summed E-state index contributed by atoms with van der Waals surface area (Å²) in [6.07, 6.45) is 5.08. The first kappa shape index (κ1) is 14.3. The average molecular weight is 316 g/mol. The zero-order valence-electron chi connectivity index (χ0n) is 11.7. The van der Waals surface area contributed by atoms with Crippen molar-refractivity contribution in [1.82, 2.24) is 20.2 Å². The fraction of sp³-hybridized carbons (Fsp3) is 0.214. The zero-order chi connectivity index (χ0) is 15.4. The minimum absolute atomic E-state index is 0.163. The smallest absolute Gasteiger partial charge is 0.360 e. The van der Waals surface area contributed by atoms with Crippen molar-refractivity contribution >= 4 is 17.3 Å². The minimum Gasteiger partial charge on any atom is -0.461 e. The number of carbonyl (C=O) groups excluding carboxylic acids is 1. The van der Waals surface area contributed by atoms with Crippen molar-refractivity contribution in [2.75, 3.05) is 6.61 Å². The van der Waals surface area contributed by atoms with E-state index < -0.39 is 5.97 Å². The molecule has 0 aliphatic heterocycles. The van der Waals surface area contributed by atoms with E-state index in [-0.39, 0.29) is 5.69 Å². The second kappa shape index (κ2) is 6.44. The van der Waals surface area contributed by atoms with E-state index in [1.807, 2.05) is 12.1 Å². The van der Waals surface area contributed by atoms with Crippen molar-refractivity contribution in [2.24, 2.45) is 0 Å². The number of hydrogen-bond donors (Lipinski definition) is 0. The van der Waals surface area contributed by atoms with Gasteiger partial charge in [0, 0.05) is 18.0 Å². The van der Waals surface area contributed by atoms with Crippen LogP contribution in [0.15, 0.2) is 35.2 Å². The molecule has 0 atom stereocenters. The molecule has 3 heterocycles. The number of esters is 1. The standard InChI is InChI=1S/C14H12N4O3S/c1-2-20-14(19)10-8-21-11(16-10)7-12-17-18-13(22-12)9-3-5-15-6-4-9/h3-6,8H,2,7H2,1H3. The highest BCUT2D eigenvalue weighted by molar-refractivity contribution is 7.14. The fourth-order valence-corrected chi connectivity index (χ4v) is 2.59. The molecule has 0 aliphatic carbocycles. The Morgan fingerprint density at radius 2 is 2.14 bits per heavy atom. The summed E-state index contributed by atoms with van der Waals surface area (Å²) in [7, 11) is 0. The Balaban J connectivity index is 1.72. The highest BCUT2D eigenvalue weighted by Gasteiger charge is 2.15. The molecule has 0 saturated heterocycles. The first-order valence-corrected chi connectivity index (χ1v) is 7.42. The molecule has 3 aromatic heterocycles. The predicted molar refractivity (Wildman–Crippen MR) is 78.4 cm³/mol. The summed E-state index contributed by atoms with van der Waals surface area (Å²) in [5.41, 5.74) is 1.12. The number of hydrogen-bond acceptors (Lipinski definition) is 8. The quantitative estimate of drug-likeness (QED) is 0.667. The lowest BCUT2D eigenvalue weighted by Gasteiger charge is -1.94. The molecular formula is C14H12N4O3S. The number of aromatic nitrogens is 4. The monoisotopic (exact) mass is 316 g/mol. The molecule has 0 aliphatic rings. The normalized spacial score (nSPS) is 10.6. The van der Waals surface area contributed by atoms with Gasteiger partial charge >= 0.3 is 5.97 Å². The van der Waals surface area contributed by atoms with E-state index in [0.29, 0.717) is 18.9 Å². The lowest BCUT2D eigenvalue weighted by Crippen LogP contribution is -2.05. The molecule has 0 amide bonds. The van der Waals surface area contributed by atoms with Gasteiger partial charge in [0.2, 0.25) is 5.89 Å². The molecular weight excluding hydrogens is 304 g/mol. The first-order valence-electron chi connectivity index (χ1n) is 6.60. The summed E-state index contributed by atoms with van der Waals surface area (Å²) in [5.74, 6) is -0.0901. The maximum absolute atomic E-state index is 11.5. The lowest BCUT2D eigenvalue weighted by atomic mass is 10.3. The van der Waals surface area contributed by atoms with Gasteiger partial charge in [-0.15, -0.1) is 10.2 Å². The van der Waals surface area contributed by atoms with Gasteiger partial charge in [0.25, 0.3) is 0 Å². The van der Waals surface area contributed by atoms with Crippen LogP contribution in [-0.4, -0.2) is 32.7 Å². The second-order valence-electron chi connectivity index (χ2n) is 4.26. The van der Waals surface area contributed by atoms with Gasteiger partial charge < -0.3 is 9.15 Å². The summed E-state index contributed by atoms with van der Waals surface area (Å²) in [6.45, 7) is 2.04. The Morgan fingerprint density at radius 3 is 2.91 bits per heavy atom. The molecule has 0 aromatic carbocycles. The van der Waals surface area contributed by atoms with Crippen molar-refractivity contribution < 1.29 is 13.9 Å². The van der Waals surface area contributed by atoms with Gasteiger partial charge in [-0.25, -0.2) is 9.78 Å². The van der Waals surface area contributed by atoms with E-state index in [4.69, 9.17) is 9.15 Å². The van der Waals surface area contributed by atoms with Crippen LogP contribution >= 0.6 is 11.3 Å². The number of nitrogens with zero attached hydrogens (tertiary/aromatic N) is 4. The van der Waals surface area contributed by atoms with Crippen LogP contribution in [0.4, 0.5) is 0 Å². The summed E-state index contributed by atoms with van der Waals surface area (Å²) in [6, 6.07) is 3.74. The van der Waals surface area contributed by atoms with E-state index in [1.54, 1.807) is 19.3 Å². The first-order chi connectivity index (χ1) is 10.8. The van der Waals surface area contributed by atoms with E-state index in [0.717, 1.165) is 15.6 Å². The Labute approximate surface area is 130 Å². The van der Waals surface area contributed by atoms with Crippen LogP contribution in [-0.2, 0) is 11.2 Å². The van der Waals surface area contributed by atoms with Gasteiger partial charge in [0.15, 0.2) is 5.69 Å². The topological polar surface area (TPSA) is 91.0 Å². The number of carbonyl (C=O) groups is 1. The summed E-state index contributed by atoms with van der Waals surface area (Å²) >= 11 is 1.44. The van der Waals surface area contributed by atoms with Crippen molar-refractivity contribution in [2.45, 2.75) is 13.3 Å². The number of rotatable bonds is 5. The lowest BCUT2D eigenvalue weighted by molar-refractivity contribution is 0.0519. The van der Waals surface area contributed by atoms with Gasteiger partial charge in [-0.3, -0.25) is 4.98 Å². The molecule has 0 fully saturated rings. The van der Waals surface area contributed by atoms with Gasteiger partial charge in [-0.2, -0.15) is 0 Å². The minimum atomic E-state index is -0.493. The van der Waals surface area contributed by atoms with Gasteiger partial charge in [0.1, 0.15) is 16.3 Å². The van der Waals surface area contributed by atoms with Crippen LogP contribution in [0.1, 0.15) is 28.3 Å². The van der Waals surface area contributed by atoms with Crippen molar-refractivity contribution in [1.29, 1.82) is 0 Å². The Kier molecular flexibility index (Phi) is 4.19. The molecule has 0 spiro atoms. The molecule has 0 N–H and O–H groups in total. The third kappa shape index (κ3) is 3.17. The van der Waals surface area contributed by atoms with E-state index >= 15 is 0 Å². The van der Waals surface area contributed by atoms with Gasteiger partial charge in [-0.1, -0.05) is 11.3 Å². The van der Waals surface area contributed by atoms with Gasteiger partial charge in [-0.05, 0) is 19.1 Å². The molecule has 0 unspecified atom stereocenters.